The Morgan fingerprint density at radius 2 is 1.67 bits per heavy atom. The van der Waals surface area contributed by atoms with Gasteiger partial charge in [-0.05, 0) is 13.0 Å². The van der Waals surface area contributed by atoms with Gasteiger partial charge in [0.2, 0.25) is 5.95 Å². The molecule has 1 saturated heterocycles. The average molecular weight is 248 g/mol. The van der Waals surface area contributed by atoms with Crippen LogP contribution in [0.25, 0.3) is 0 Å². The van der Waals surface area contributed by atoms with Gasteiger partial charge in [-0.3, -0.25) is 0 Å². The van der Waals surface area contributed by atoms with Crippen molar-refractivity contribution >= 4 is 11.8 Å². The van der Waals surface area contributed by atoms with E-state index < -0.39 is 0 Å². The summed E-state index contributed by atoms with van der Waals surface area (Å²) in [5, 5.41) is 6.71. The Bertz CT molecular complexity index is 427. The van der Waals surface area contributed by atoms with Crippen LogP contribution in [-0.4, -0.2) is 49.2 Å². The number of piperazine rings is 1. The SMILES string of the molecule is Nc1nc(N2CCNCC2)nc2c1CCNCC2. The van der Waals surface area contributed by atoms with Gasteiger partial charge in [0.15, 0.2) is 0 Å². The summed E-state index contributed by atoms with van der Waals surface area (Å²) in [4.78, 5) is 11.4. The van der Waals surface area contributed by atoms with E-state index in [9.17, 15) is 0 Å². The predicted octanol–water partition coefficient (Wildman–Crippen LogP) is -0.843. The molecule has 2 aliphatic rings. The van der Waals surface area contributed by atoms with Crippen molar-refractivity contribution in [2.75, 3.05) is 49.9 Å². The lowest BCUT2D eigenvalue weighted by Gasteiger charge is -2.28. The van der Waals surface area contributed by atoms with E-state index in [1.165, 1.54) is 0 Å². The summed E-state index contributed by atoms with van der Waals surface area (Å²) >= 11 is 0. The number of anilines is 2. The first-order valence-corrected chi connectivity index (χ1v) is 6.66. The Labute approximate surface area is 107 Å². The highest BCUT2D eigenvalue weighted by molar-refractivity contribution is 5.49. The van der Waals surface area contributed by atoms with Crippen molar-refractivity contribution in [3.63, 3.8) is 0 Å². The molecule has 0 bridgehead atoms. The fourth-order valence-electron chi connectivity index (χ4n) is 2.57. The highest BCUT2D eigenvalue weighted by Gasteiger charge is 2.19. The van der Waals surface area contributed by atoms with Crippen molar-refractivity contribution in [3.8, 4) is 0 Å². The smallest absolute Gasteiger partial charge is 0.227 e. The fraction of sp³-hybridized carbons (Fsp3) is 0.667. The van der Waals surface area contributed by atoms with Gasteiger partial charge in [-0.15, -0.1) is 0 Å². The molecule has 0 atom stereocenters. The van der Waals surface area contributed by atoms with Crippen LogP contribution in [0.3, 0.4) is 0 Å². The van der Waals surface area contributed by atoms with Crippen molar-refractivity contribution in [1.82, 2.24) is 20.6 Å². The lowest BCUT2D eigenvalue weighted by atomic mass is 10.1. The summed E-state index contributed by atoms with van der Waals surface area (Å²) < 4.78 is 0. The molecule has 1 aromatic heterocycles. The molecule has 0 unspecified atom stereocenters. The van der Waals surface area contributed by atoms with Crippen molar-refractivity contribution < 1.29 is 0 Å². The molecule has 6 nitrogen and oxygen atoms in total. The minimum atomic E-state index is 0.664. The van der Waals surface area contributed by atoms with Gasteiger partial charge in [-0.2, -0.15) is 4.98 Å². The zero-order valence-electron chi connectivity index (χ0n) is 10.6. The van der Waals surface area contributed by atoms with Gasteiger partial charge < -0.3 is 21.3 Å². The Balaban J connectivity index is 1.91. The van der Waals surface area contributed by atoms with E-state index in [0.29, 0.717) is 5.82 Å². The lowest BCUT2D eigenvalue weighted by Crippen LogP contribution is -2.44. The summed E-state index contributed by atoms with van der Waals surface area (Å²) in [5.74, 6) is 1.46. The molecule has 1 aromatic rings. The number of nitrogens with two attached hydrogens (primary N) is 1. The van der Waals surface area contributed by atoms with Crippen LogP contribution in [0.2, 0.25) is 0 Å². The van der Waals surface area contributed by atoms with Crippen LogP contribution in [0.15, 0.2) is 0 Å². The van der Waals surface area contributed by atoms with Gasteiger partial charge >= 0.3 is 0 Å². The molecule has 3 rings (SSSR count). The van der Waals surface area contributed by atoms with Crippen LogP contribution in [0.4, 0.5) is 11.8 Å². The molecule has 98 valence electrons. The molecule has 0 spiro atoms. The number of hydrogen-bond acceptors (Lipinski definition) is 6. The Kier molecular flexibility index (Phi) is 3.29. The maximum absolute atomic E-state index is 6.10. The van der Waals surface area contributed by atoms with Crippen molar-refractivity contribution in [3.05, 3.63) is 11.3 Å². The van der Waals surface area contributed by atoms with Gasteiger partial charge in [-0.1, -0.05) is 0 Å². The van der Waals surface area contributed by atoms with E-state index in [1.54, 1.807) is 0 Å². The summed E-state index contributed by atoms with van der Waals surface area (Å²) in [5.41, 5.74) is 8.36. The molecule has 3 heterocycles. The van der Waals surface area contributed by atoms with Crippen LogP contribution in [0.1, 0.15) is 11.3 Å². The Morgan fingerprint density at radius 1 is 0.944 bits per heavy atom. The molecule has 0 saturated carbocycles. The van der Waals surface area contributed by atoms with Gasteiger partial charge in [0, 0.05) is 44.7 Å². The number of aromatic nitrogens is 2. The van der Waals surface area contributed by atoms with Gasteiger partial charge in [0.05, 0.1) is 5.69 Å². The van der Waals surface area contributed by atoms with Crippen LogP contribution >= 0.6 is 0 Å². The molecule has 2 aliphatic heterocycles. The van der Waals surface area contributed by atoms with Crippen LogP contribution in [0, 0.1) is 0 Å². The average Bonchev–Trinajstić information content (AvgIpc) is 2.65. The van der Waals surface area contributed by atoms with E-state index in [0.717, 1.165) is 69.3 Å². The zero-order valence-corrected chi connectivity index (χ0v) is 10.6. The van der Waals surface area contributed by atoms with Crippen molar-refractivity contribution in [2.45, 2.75) is 12.8 Å². The largest absolute Gasteiger partial charge is 0.383 e. The summed E-state index contributed by atoms with van der Waals surface area (Å²) in [6, 6.07) is 0. The standard InChI is InChI=1S/C12H20N6/c13-11-9-1-3-14-4-2-10(9)16-12(17-11)18-7-5-15-6-8-18/h14-15H,1-8H2,(H2,13,16,17). The minimum Gasteiger partial charge on any atom is -0.383 e. The number of fused-ring (bicyclic) bond motifs is 1. The molecule has 0 aromatic carbocycles. The first-order chi connectivity index (χ1) is 8.84. The molecule has 4 N–H and O–H groups in total. The third-order valence-corrected chi connectivity index (χ3v) is 3.60. The third-order valence-electron chi connectivity index (χ3n) is 3.60. The first-order valence-electron chi connectivity index (χ1n) is 6.66. The maximum Gasteiger partial charge on any atom is 0.227 e. The third kappa shape index (κ3) is 2.26. The molecular weight excluding hydrogens is 228 g/mol. The van der Waals surface area contributed by atoms with Crippen LogP contribution in [0.5, 0.6) is 0 Å². The second-order valence-electron chi connectivity index (χ2n) is 4.82. The van der Waals surface area contributed by atoms with Crippen LogP contribution < -0.4 is 21.3 Å². The normalized spacial score (nSPS) is 20.3. The predicted molar refractivity (Wildman–Crippen MR) is 71.8 cm³/mol. The highest BCUT2D eigenvalue weighted by Crippen LogP contribution is 2.20. The maximum atomic E-state index is 6.10. The highest BCUT2D eigenvalue weighted by atomic mass is 15.3. The van der Waals surface area contributed by atoms with E-state index in [2.05, 4.69) is 20.5 Å². The topological polar surface area (TPSA) is 79.1 Å². The molecule has 1 fully saturated rings. The number of nitrogens with one attached hydrogen (secondary N) is 2. The van der Waals surface area contributed by atoms with Crippen molar-refractivity contribution in [2.24, 2.45) is 0 Å². The number of rotatable bonds is 1. The molecule has 18 heavy (non-hydrogen) atoms. The van der Waals surface area contributed by atoms with Gasteiger partial charge in [0.25, 0.3) is 0 Å². The molecule has 0 aliphatic carbocycles. The van der Waals surface area contributed by atoms with E-state index >= 15 is 0 Å². The zero-order chi connectivity index (χ0) is 12.4. The quantitative estimate of drug-likeness (QED) is 0.601. The molecule has 0 amide bonds. The lowest BCUT2D eigenvalue weighted by molar-refractivity contribution is 0.579. The summed E-state index contributed by atoms with van der Waals surface area (Å²) in [6.07, 6.45) is 1.88. The summed E-state index contributed by atoms with van der Waals surface area (Å²) in [6.45, 7) is 5.83. The molecular formula is C12H20N6. The van der Waals surface area contributed by atoms with Crippen molar-refractivity contribution in [1.29, 1.82) is 0 Å². The molecule has 0 radical (unpaired) electrons. The Hall–Kier alpha value is -1.40. The minimum absolute atomic E-state index is 0.664. The Morgan fingerprint density at radius 3 is 2.50 bits per heavy atom. The monoisotopic (exact) mass is 248 g/mol. The van der Waals surface area contributed by atoms with Gasteiger partial charge in [-0.25, -0.2) is 4.98 Å². The van der Waals surface area contributed by atoms with Gasteiger partial charge in [0.1, 0.15) is 5.82 Å². The number of hydrogen-bond donors (Lipinski definition) is 3. The second-order valence-corrected chi connectivity index (χ2v) is 4.82. The number of nitrogen functional groups attached to an aromatic ring is 1. The number of nitrogens with zero attached hydrogens (tertiary/aromatic N) is 3. The second kappa shape index (κ2) is 5.07. The molecule has 6 heteroatoms. The summed E-state index contributed by atoms with van der Waals surface area (Å²) in [7, 11) is 0. The fourth-order valence-corrected chi connectivity index (χ4v) is 2.57. The van der Waals surface area contributed by atoms with E-state index in [4.69, 9.17) is 10.7 Å². The van der Waals surface area contributed by atoms with E-state index in [1.807, 2.05) is 0 Å². The van der Waals surface area contributed by atoms with E-state index in [-0.39, 0.29) is 0 Å². The van der Waals surface area contributed by atoms with Crippen LogP contribution in [-0.2, 0) is 12.8 Å². The first kappa shape index (κ1) is 11.7.